The van der Waals surface area contributed by atoms with Gasteiger partial charge < -0.3 is 10.3 Å². The summed E-state index contributed by atoms with van der Waals surface area (Å²) in [6, 6.07) is 0. The van der Waals surface area contributed by atoms with E-state index in [1.807, 2.05) is 6.92 Å². The second-order valence-corrected chi connectivity index (χ2v) is 5.03. The van der Waals surface area contributed by atoms with E-state index < -0.39 is 0 Å². The van der Waals surface area contributed by atoms with E-state index in [0.717, 1.165) is 44.0 Å². The Morgan fingerprint density at radius 2 is 1.94 bits per heavy atom. The molecule has 1 aromatic rings. The maximum atomic E-state index is 5.66. The van der Waals surface area contributed by atoms with Gasteiger partial charge in [-0.15, -0.1) is 10.2 Å². The van der Waals surface area contributed by atoms with Gasteiger partial charge in [-0.2, -0.15) is 0 Å². The Kier molecular flexibility index (Phi) is 5.62. The van der Waals surface area contributed by atoms with Crippen LogP contribution >= 0.6 is 0 Å². The van der Waals surface area contributed by atoms with Crippen LogP contribution in [0.5, 0.6) is 0 Å². The number of nitrogens with zero attached hydrogens (tertiary/aromatic N) is 3. The van der Waals surface area contributed by atoms with Gasteiger partial charge in [0.2, 0.25) is 0 Å². The molecule has 1 rings (SSSR count). The Bertz CT molecular complexity index is 330. The van der Waals surface area contributed by atoms with Crippen LogP contribution in [-0.2, 0) is 13.0 Å². The van der Waals surface area contributed by atoms with Gasteiger partial charge in [0.25, 0.3) is 0 Å². The van der Waals surface area contributed by atoms with Crippen molar-refractivity contribution in [2.24, 2.45) is 17.6 Å². The van der Waals surface area contributed by atoms with Crippen LogP contribution in [0.15, 0.2) is 0 Å². The minimum atomic E-state index is 0.692. The van der Waals surface area contributed by atoms with Crippen molar-refractivity contribution in [2.45, 2.75) is 53.5 Å². The fourth-order valence-corrected chi connectivity index (χ4v) is 2.36. The third kappa shape index (κ3) is 3.80. The number of aryl methyl sites for hydroxylation is 2. The lowest BCUT2D eigenvalue weighted by Crippen LogP contribution is -2.16. The highest BCUT2D eigenvalue weighted by Crippen LogP contribution is 2.20. The Hall–Kier alpha value is -0.900. The molecule has 4 nitrogen and oxygen atoms in total. The largest absolute Gasteiger partial charge is 0.330 e. The summed E-state index contributed by atoms with van der Waals surface area (Å²) in [6.45, 7) is 10.4. The first kappa shape index (κ1) is 14.2. The van der Waals surface area contributed by atoms with Crippen LogP contribution in [0.2, 0.25) is 0 Å². The summed E-state index contributed by atoms with van der Waals surface area (Å²) in [5.41, 5.74) is 5.66. The topological polar surface area (TPSA) is 56.7 Å². The van der Waals surface area contributed by atoms with Crippen molar-refractivity contribution >= 4 is 0 Å². The number of nitrogens with two attached hydrogens (primary N) is 1. The van der Waals surface area contributed by atoms with Crippen LogP contribution in [0.1, 0.15) is 45.3 Å². The van der Waals surface area contributed by atoms with Gasteiger partial charge in [0.1, 0.15) is 11.6 Å². The van der Waals surface area contributed by atoms with Crippen LogP contribution in [0.3, 0.4) is 0 Å². The molecule has 4 heteroatoms. The molecule has 1 unspecified atom stereocenters. The summed E-state index contributed by atoms with van der Waals surface area (Å²) >= 11 is 0. The molecule has 1 aromatic heterocycles. The number of hydrogen-bond donors (Lipinski definition) is 1. The van der Waals surface area contributed by atoms with Crippen LogP contribution in [-0.4, -0.2) is 21.3 Å². The first-order valence-electron chi connectivity index (χ1n) is 6.68. The fraction of sp³-hybridized carbons (Fsp3) is 0.846. The quantitative estimate of drug-likeness (QED) is 0.792. The van der Waals surface area contributed by atoms with Crippen molar-refractivity contribution in [1.82, 2.24) is 14.8 Å². The molecule has 0 aliphatic rings. The summed E-state index contributed by atoms with van der Waals surface area (Å²) in [6.07, 6.45) is 3.28. The lowest BCUT2D eigenvalue weighted by molar-refractivity contribution is 0.337. The minimum absolute atomic E-state index is 0.692. The van der Waals surface area contributed by atoms with Crippen LogP contribution in [0.25, 0.3) is 0 Å². The maximum Gasteiger partial charge on any atom is 0.132 e. The molecule has 0 bridgehead atoms. The highest BCUT2D eigenvalue weighted by atomic mass is 15.3. The lowest BCUT2D eigenvalue weighted by atomic mass is 9.88. The van der Waals surface area contributed by atoms with Gasteiger partial charge in [0.15, 0.2) is 0 Å². The minimum Gasteiger partial charge on any atom is -0.330 e. The van der Waals surface area contributed by atoms with Gasteiger partial charge in [-0.05, 0) is 45.1 Å². The standard InChI is InChI=1S/C13H26N4/c1-5-17-11(4)15-16-13(17)7-6-12(8-9-14)10(2)3/h10,12H,5-9,14H2,1-4H3. The predicted octanol–water partition coefficient (Wildman–Crippen LogP) is 2.16. The van der Waals surface area contributed by atoms with E-state index in [4.69, 9.17) is 5.73 Å². The lowest BCUT2D eigenvalue weighted by Gasteiger charge is -2.19. The van der Waals surface area contributed by atoms with Crippen molar-refractivity contribution in [2.75, 3.05) is 6.54 Å². The van der Waals surface area contributed by atoms with Gasteiger partial charge in [-0.1, -0.05) is 13.8 Å². The van der Waals surface area contributed by atoms with Crippen molar-refractivity contribution < 1.29 is 0 Å². The van der Waals surface area contributed by atoms with Crippen molar-refractivity contribution in [3.8, 4) is 0 Å². The van der Waals surface area contributed by atoms with Crippen molar-refractivity contribution in [1.29, 1.82) is 0 Å². The Morgan fingerprint density at radius 3 is 2.47 bits per heavy atom. The van der Waals surface area contributed by atoms with Crippen molar-refractivity contribution in [3.05, 3.63) is 11.6 Å². The van der Waals surface area contributed by atoms with E-state index >= 15 is 0 Å². The Morgan fingerprint density at radius 1 is 1.24 bits per heavy atom. The maximum absolute atomic E-state index is 5.66. The average Bonchev–Trinajstić information content (AvgIpc) is 2.64. The normalized spacial score (nSPS) is 13.3. The molecule has 98 valence electrons. The van der Waals surface area contributed by atoms with Gasteiger partial charge in [-0.3, -0.25) is 0 Å². The fourth-order valence-electron chi connectivity index (χ4n) is 2.36. The van der Waals surface area contributed by atoms with E-state index in [1.165, 1.54) is 0 Å². The second-order valence-electron chi connectivity index (χ2n) is 5.03. The second kappa shape index (κ2) is 6.74. The van der Waals surface area contributed by atoms with E-state index in [2.05, 4.69) is 35.5 Å². The smallest absolute Gasteiger partial charge is 0.132 e. The number of aromatic nitrogens is 3. The first-order chi connectivity index (χ1) is 8.10. The number of hydrogen-bond acceptors (Lipinski definition) is 3. The van der Waals surface area contributed by atoms with Gasteiger partial charge in [-0.25, -0.2) is 0 Å². The molecular formula is C13H26N4. The van der Waals surface area contributed by atoms with Gasteiger partial charge in [0.05, 0.1) is 0 Å². The molecule has 0 fully saturated rings. The van der Waals surface area contributed by atoms with E-state index in [9.17, 15) is 0 Å². The molecule has 0 radical (unpaired) electrons. The molecule has 1 heterocycles. The molecule has 0 saturated heterocycles. The zero-order valence-electron chi connectivity index (χ0n) is 11.6. The molecule has 0 saturated carbocycles. The molecule has 2 N–H and O–H groups in total. The zero-order chi connectivity index (χ0) is 12.8. The summed E-state index contributed by atoms with van der Waals surface area (Å²) in [4.78, 5) is 0. The third-order valence-electron chi connectivity index (χ3n) is 3.55. The molecule has 0 aromatic carbocycles. The zero-order valence-corrected chi connectivity index (χ0v) is 11.6. The van der Waals surface area contributed by atoms with Crippen molar-refractivity contribution in [3.63, 3.8) is 0 Å². The van der Waals surface area contributed by atoms with E-state index in [1.54, 1.807) is 0 Å². The Balaban J connectivity index is 2.58. The van der Waals surface area contributed by atoms with Crippen LogP contribution in [0.4, 0.5) is 0 Å². The summed E-state index contributed by atoms with van der Waals surface area (Å²) < 4.78 is 2.19. The average molecular weight is 238 g/mol. The monoisotopic (exact) mass is 238 g/mol. The predicted molar refractivity (Wildman–Crippen MR) is 70.8 cm³/mol. The highest BCUT2D eigenvalue weighted by Gasteiger charge is 2.15. The molecule has 0 aliphatic carbocycles. The first-order valence-corrected chi connectivity index (χ1v) is 6.68. The summed E-state index contributed by atoms with van der Waals surface area (Å²) in [7, 11) is 0. The van der Waals surface area contributed by atoms with Crippen LogP contribution < -0.4 is 5.73 Å². The third-order valence-corrected chi connectivity index (χ3v) is 3.55. The molecular weight excluding hydrogens is 212 g/mol. The van der Waals surface area contributed by atoms with E-state index in [-0.39, 0.29) is 0 Å². The van der Waals surface area contributed by atoms with Gasteiger partial charge in [0, 0.05) is 13.0 Å². The summed E-state index contributed by atoms with van der Waals surface area (Å²) in [5.74, 6) is 3.52. The molecule has 17 heavy (non-hydrogen) atoms. The molecule has 0 aliphatic heterocycles. The highest BCUT2D eigenvalue weighted by molar-refractivity contribution is 4.94. The summed E-state index contributed by atoms with van der Waals surface area (Å²) in [5, 5.41) is 8.40. The Labute approximate surface area is 105 Å². The molecule has 1 atom stereocenters. The van der Waals surface area contributed by atoms with Gasteiger partial charge >= 0.3 is 0 Å². The SMILES string of the molecule is CCn1c(C)nnc1CCC(CCN)C(C)C. The van der Waals surface area contributed by atoms with E-state index in [0.29, 0.717) is 11.8 Å². The molecule has 0 spiro atoms. The van der Waals surface area contributed by atoms with Crippen LogP contribution in [0, 0.1) is 18.8 Å². The number of rotatable bonds is 7. The molecule has 0 amide bonds.